The van der Waals surface area contributed by atoms with Gasteiger partial charge in [0, 0.05) is 9.61 Å². The van der Waals surface area contributed by atoms with Gasteiger partial charge in [0.2, 0.25) is 5.91 Å². The van der Waals surface area contributed by atoms with Gasteiger partial charge in [-0.3, -0.25) is 4.79 Å². The first-order chi connectivity index (χ1) is 8.65. The van der Waals surface area contributed by atoms with Crippen LogP contribution in [0, 0.1) is 3.57 Å². The molecule has 0 bridgehead atoms. The van der Waals surface area contributed by atoms with Gasteiger partial charge in [0.15, 0.2) is 0 Å². The van der Waals surface area contributed by atoms with Gasteiger partial charge in [-0.05, 0) is 53.6 Å². The number of anilines is 1. The van der Waals surface area contributed by atoms with Crippen LogP contribution in [0.4, 0.5) is 5.69 Å². The van der Waals surface area contributed by atoms with E-state index < -0.39 is 0 Å². The number of nitrogens with one attached hydrogen (secondary N) is 2. The summed E-state index contributed by atoms with van der Waals surface area (Å²) in [6, 6.07) is 6.07. The van der Waals surface area contributed by atoms with Gasteiger partial charge in [-0.15, -0.1) is 0 Å². The van der Waals surface area contributed by atoms with Crippen molar-refractivity contribution in [3.05, 3.63) is 26.8 Å². The lowest BCUT2D eigenvalue weighted by molar-refractivity contribution is -0.120. The molecule has 3 nitrogen and oxygen atoms in total. The number of rotatable bonds is 4. The van der Waals surface area contributed by atoms with Gasteiger partial charge in [-0.2, -0.15) is 0 Å². The van der Waals surface area contributed by atoms with Crippen LogP contribution in [-0.4, -0.2) is 18.5 Å². The molecule has 0 unspecified atom stereocenters. The molecule has 0 heterocycles. The first-order valence-electron chi connectivity index (χ1n) is 6.13. The van der Waals surface area contributed by atoms with Gasteiger partial charge in [0.25, 0.3) is 0 Å². The number of amides is 1. The molecule has 0 aliphatic heterocycles. The van der Waals surface area contributed by atoms with Gasteiger partial charge in [0.05, 0.1) is 17.3 Å². The Hall–Kier alpha value is -0.490. The summed E-state index contributed by atoms with van der Waals surface area (Å²) in [7, 11) is 0. The van der Waals surface area contributed by atoms with E-state index in [-0.39, 0.29) is 12.5 Å². The summed E-state index contributed by atoms with van der Waals surface area (Å²) in [6.07, 6.45) is 4.66. The van der Waals surface area contributed by atoms with Crippen LogP contribution in [0.5, 0.6) is 0 Å². The average Bonchev–Trinajstić information content (AvgIpc) is 2.83. The Morgan fingerprint density at radius 2 is 2.11 bits per heavy atom. The number of benzene rings is 1. The van der Waals surface area contributed by atoms with Gasteiger partial charge in [0.1, 0.15) is 0 Å². The lowest BCUT2D eigenvalue weighted by Crippen LogP contribution is -2.36. The van der Waals surface area contributed by atoms with Gasteiger partial charge >= 0.3 is 0 Å². The molecular formula is C13H16ClIN2O. The maximum atomic E-state index is 11.8. The van der Waals surface area contributed by atoms with E-state index in [0.29, 0.717) is 11.1 Å². The van der Waals surface area contributed by atoms with Crippen molar-refractivity contribution in [1.29, 1.82) is 0 Å². The third-order valence-corrected chi connectivity index (χ3v) is 4.09. The minimum absolute atomic E-state index is 0.0387. The molecule has 1 saturated carbocycles. The van der Waals surface area contributed by atoms with E-state index in [1.165, 1.54) is 12.8 Å². The van der Waals surface area contributed by atoms with Crippen molar-refractivity contribution in [2.75, 3.05) is 11.9 Å². The molecule has 2 rings (SSSR count). The minimum Gasteiger partial charge on any atom is -0.375 e. The summed E-state index contributed by atoms with van der Waals surface area (Å²) in [5.41, 5.74) is 0.810. The predicted molar refractivity (Wildman–Crippen MR) is 83.1 cm³/mol. The van der Waals surface area contributed by atoms with E-state index in [1.54, 1.807) is 0 Å². The highest BCUT2D eigenvalue weighted by atomic mass is 127. The maximum Gasteiger partial charge on any atom is 0.239 e. The average molecular weight is 379 g/mol. The first-order valence-corrected chi connectivity index (χ1v) is 7.59. The molecule has 0 atom stereocenters. The summed E-state index contributed by atoms with van der Waals surface area (Å²) in [6.45, 7) is 0.274. The van der Waals surface area contributed by atoms with Crippen molar-refractivity contribution in [2.24, 2.45) is 0 Å². The molecule has 1 aliphatic rings. The molecular weight excluding hydrogens is 363 g/mol. The quantitative estimate of drug-likeness (QED) is 0.788. The zero-order valence-electron chi connectivity index (χ0n) is 10.0. The molecule has 1 aromatic rings. The van der Waals surface area contributed by atoms with Crippen molar-refractivity contribution in [3.8, 4) is 0 Å². The number of halogens is 2. The molecule has 98 valence electrons. The molecule has 18 heavy (non-hydrogen) atoms. The number of carbonyl (C=O) groups is 1. The number of carbonyl (C=O) groups excluding carboxylic acids is 1. The normalized spacial score (nSPS) is 15.7. The van der Waals surface area contributed by atoms with E-state index >= 15 is 0 Å². The Kier molecular flexibility index (Phi) is 5.12. The highest BCUT2D eigenvalue weighted by molar-refractivity contribution is 14.1. The lowest BCUT2D eigenvalue weighted by atomic mass is 10.2. The van der Waals surface area contributed by atoms with Gasteiger partial charge in [-0.1, -0.05) is 24.4 Å². The molecule has 0 saturated heterocycles. The van der Waals surface area contributed by atoms with E-state index in [4.69, 9.17) is 11.6 Å². The molecule has 1 aromatic carbocycles. The molecule has 2 N–H and O–H groups in total. The number of hydrogen-bond acceptors (Lipinski definition) is 2. The fourth-order valence-corrected chi connectivity index (χ4v) is 2.83. The molecule has 0 spiro atoms. The molecule has 0 aromatic heterocycles. The summed E-state index contributed by atoms with van der Waals surface area (Å²) in [5.74, 6) is 0.0387. The van der Waals surface area contributed by atoms with Crippen molar-refractivity contribution in [2.45, 2.75) is 31.7 Å². The van der Waals surface area contributed by atoms with Crippen LogP contribution in [-0.2, 0) is 4.79 Å². The summed E-state index contributed by atoms with van der Waals surface area (Å²) in [4.78, 5) is 11.8. The topological polar surface area (TPSA) is 41.1 Å². The van der Waals surface area contributed by atoms with Crippen LogP contribution in [0.2, 0.25) is 5.02 Å². The molecule has 1 amide bonds. The first kappa shape index (κ1) is 13.9. The van der Waals surface area contributed by atoms with E-state index in [9.17, 15) is 4.79 Å². The third kappa shape index (κ3) is 4.02. The lowest BCUT2D eigenvalue weighted by Gasteiger charge is -2.13. The third-order valence-electron chi connectivity index (χ3n) is 3.09. The second-order valence-corrected chi connectivity index (χ2v) is 6.18. The van der Waals surface area contributed by atoms with Crippen LogP contribution >= 0.6 is 34.2 Å². The van der Waals surface area contributed by atoms with Gasteiger partial charge in [-0.25, -0.2) is 0 Å². The highest BCUT2D eigenvalue weighted by Crippen LogP contribution is 2.23. The second-order valence-electron chi connectivity index (χ2n) is 4.53. The van der Waals surface area contributed by atoms with Crippen LogP contribution < -0.4 is 10.6 Å². The summed E-state index contributed by atoms with van der Waals surface area (Å²) < 4.78 is 1.09. The van der Waals surface area contributed by atoms with Crippen molar-refractivity contribution in [3.63, 3.8) is 0 Å². The zero-order chi connectivity index (χ0) is 13.0. The van der Waals surface area contributed by atoms with Crippen LogP contribution in [0.25, 0.3) is 0 Å². The Morgan fingerprint density at radius 3 is 2.83 bits per heavy atom. The number of hydrogen-bond donors (Lipinski definition) is 2. The Bertz CT molecular complexity index is 433. The fourth-order valence-electron chi connectivity index (χ4n) is 2.16. The molecule has 1 fully saturated rings. The van der Waals surface area contributed by atoms with Crippen molar-refractivity contribution >= 4 is 45.8 Å². The Morgan fingerprint density at radius 1 is 1.39 bits per heavy atom. The smallest absolute Gasteiger partial charge is 0.239 e. The second kappa shape index (κ2) is 6.61. The van der Waals surface area contributed by atoms with Gasteiger partial charge < -0.3 is 10.6 Å². The van der Waals surface area contributed by atoms with Crippen molar-refractivity contribution < 1.29 is 4.79 Å². The van der Waals surface area contributed by atoms with Crippen molar-refractivity contribution in [1.82, 2.24) is 5.32 Å². The molecule has 5 heteroatoms. The van der Waals surface area contributed by atoms with E-state index in [0.717, 1.165) is 22.1 Å². The standard InChI is InChI=1S/C13H16ClIN2O/c14-11-6-5-9(15)7-12(11)16-8-13(18)17-10-3-1-2-4-10/h5-7,10,16H,1-4,8H2,(H,17,18). The van der Waals surface area contributed by atoms with Crippen LogP contribution in [0.15, 0.2) is 18.2 Å². The van der Waals surface area contributed by atoms with Crippen LogP contribution in [0.1, 0.15) is 25.7 Å². The van der Waals surface area contributed by atoms with E-state index in [2.05, 4.69) is 33.2 Å². The SMILES string of the molecule is O=C(CNc1cc(I)ccc1Cl)NC1CCCC1. The highest BCUT2D eigenvalue weighted by Gasteiger charge is 2.16. The fraction of sp³-hybridized carbons (Fsp3) is 0.462. The monoisotopic (exact) mass is 378 g/mol. The van der Waals surface area contributed by atoms with E-state index in [1.807, 2.05) is 18.2 Å². The minimum atomic E-state index is 0.0387. The molecule has 0 radical (unpaired) electrons. The summed E-state index contributed by atoms with van der Waals surface area (Å²) >= 11 is 8.27. The summed E-state index contributed by atoms with van der Waals surface area (Å²) in [5, 5.41) is 6.76. The Labute approximate surface area is 126 Å². The molecule has 1 aliphatic carbocycles. The maximum absolute atomic E-state index is 11.8. The Balaban J connectivity index is 1.83. The van der Waals surface area contributed by atoms with Crippen LogP contribution in [0.3, 0.4) is 0 Å². The largest absolute Gasteiger partial charge is 0.375 e. The zero-order valence-corrected chi connectivity index (χ0v) is 12.9. The predicted octanol–water partition coefficient (Wildman–Crippen LogP) is 3.42.